The van der Waals surface area contributed by atoms with E-state index >= 15 is 0 Å². The molecule has 0 saturated heterocycles. The van der Waals surface area contributed by atoms with Crippen LogP contribution in [0.2, 0.25) is 0 Å². The molecule has 0 aliphatic heterocycles. The van der Waals surface area contributed by atoms with E-state index in [0.717, 1.165) is 55.0 Å². The first-order chi connectivity index (χ1) is 16.7. The zero-order chi connectivity index (χ0) is 23.1. The summed E-state index contributed by atoms with van der Waals surface area (Å²) in [5.41, 5.74) is 6.68. The number of amides is 1. The highest BCUT2D eigenvalue weighted by molar-refractivity contribution is 7.13. The molecule has 0 saturated carbocycles. The number of fused-ring (bicyclic) bond motifs is 2. The van der Waals surface area contributed by atoms with Gasteiger partial charge in [-0.2, -0.15) is 5.10 Å². The summed E-state index contributed by atoms with van der Waals surface area (Å²) in [5, 5.41) is 14.5. The second-order valence-electron chi connectivity index (χ2n) is 7.83. The lowest BCUT2D eigenvalue weighted by molar-refractivity contribution is -0.115. The Kier molecular flexibility index (Phi) is 4.88. The van der Waals surface area contributed by atoms with Gasteiger partial charge in [-0.15, -0.1) is 11.3 Å². The van der Waals surface area contributed by atoms with Gasteiger partial charge < -0.3 is 10.3 Å². The molecule has 0 atom stereocenters. The average molecular weight is 466 g/mol. The fourth-order valence-electron chi connectivity index (χ4n) is 3.97. The molecule has 9 heteroatoms. The molecule has 0 aromatic carbocycles. The minimum atomic E-state index is -0.0605. The number of hydrogen-bond acceptors (Lipinski definition) is 6. The Morgan fingerprint density at radius 2 is 1.94 bits per heavy atom. The first-order valence-corrected chi connectivity index (χ1v) is 11.7. The molecule has 0 fully saturated rings. The Labute approximate surface area is 198 Å². The summed E-state index contributed by atoms with van der Waals surface area (Å²) in [5.74, 6) is -0.0605. The molecule has 1 amide bonds. The van der Waals surface area contributed by atoms with E-state index < -0.39 is 0 Å². The smallest absolute Gasteiger partial charge is 0.224 e. The van der Waals surface area contributed by atoms with Crippen LogP contribution in [0.3, 0.4) is 0 Å². The third-order valence-corrected chi connectivity index (χ3v) is 6.52. The number of pyridine rings is 3. The number of hydrogen-bond donors (Lipinski definition) is 3. The lowest BCUT2D eigenvalue weighted by Gasteiger charge is -2.06. The molecule has 166 valence electrons. The highest BCUT2D eigenvalue weighted by Crippen LogP contribution is 2.35. The molecule has 0 aliphatic rings. The molecule has 34 heavy (non-hydrogen) atoms. The number of H-pyrrole nitrogens is 2. The molecule has 0 radical (unpaired) electrons. The van der Waals surface area contributed by atoms with Gasteiger partial charge in [-0.05, 0) is 35.7 Å². The van der Waals surface area contributed by atoms with Crippen LogP contribution < -0.4 is 5.32 Å². The number of rotatable bonds is 5. The molecule has 0 bridgehead atoms. The van der Waals surface area contributed by atoms with Crippen molar-refractivity contribution in [2.75, 3.05) is 5.32 Å². The number of nitrogens with one attached hydrogen (secondary N) is 3. The zero-order valence-electron chi connectivity index (χ0n) is 18.2. The maximum absolute atomic E-state index is 11.8. The van der Waals surface area contributed by atoms with Crippen molar-refractivity contribution in [1.82, 2.24) is 30.1 Å². The van der Waals surface area contributed by atoms with Crippen molar-refractivity contribution in [3.63, 3.8) is 0 Å². The summed E-state index contributed by atoms with van der Waals surface area (Å²) in [6, 6.07) is 12.0. The number of carbonyl (C=O) groups is 1. The largest absolute Gasteiger partial charge is 0.353 e. The number of carbonyl (C=O) groups excluding carboxylic acids is 1. The maximum Gasteiger partial charge on any atom is 0.224 e. The quantitative estimate of drug-likeness (QED) is 0.305. The third-order valence-electron chi connectivity index (χ3n) is 5.64. The number of aromatic amines is 2. The molecule has 0 aliphatic carbocycles. The van der Waals surface area contributed by atoms with E-state index in [-0.39, 0.29) is 5.91 Å². The number of nitrogens with zero attached hydrogens (tertiary/aromatic N) is 4. The number of thiophene rings is 1. The average Bonchev–Trinajstić information content (AvgIpc) is 3.62. The Hall–Kier alpha value is -4.37. The van der Waals surface area contributed by atoms with E-state index in [9.17, 15) is 4.79 Å². The molecule has 6 heterocycles. The Bertz CT molecular complexity index is 1650. The fraction of sp³-hybridized carbons (Fsp3) is 0.0800. The summed E-state index contributed by atoms with van der Waals surface area (Å²) < 4.78 is 0. The fourth-order valence-corrected chi connectivity index (χ4v) is 4.70. The van der Waals surface area contributed by atoms with Gasteiger partial charge in [0.25, 0.3) is 0 Å². The number of anilines is 1. The van der Waals surface area contributed by atoms with Crippen molar-refractivity contribution in [3.8, 4) is 33.2 Å². The van der Waals surface area contributed by atoms with Crippen molar-refractivity contribution in [2.45, 2.75) is 13.3 Å². The molecule has 6 aromatic rings. The molecular weight excluding hydrogens is 446 g/mol. The van der Waals surface area contributed by atoms with Crippen LogP contribution in [0, 0.1) is 0 Å². The van der Waals surface area contributed by atoms with E-state index in [1.165, 1.54) is 0 Å². The topological polar surface area (TPSA) is 112 Å². The van der Waals surface area contributed by atoms with Crippen LogP contribution in [-0.4, -0.2) is 36.0 Å². The van der Waals surface area contributed by atoms with Crippen LogP contribution in [0.25, 0.3) is 55.0 Å². The third kappa shape index (κ3) is 3.52. The van der Waals surface area contributed by atoms with Gasteiger partial charge >= 0.3 is 0 Å². The summed E-state index contributed by atoms with van der Waals surface area (Å²) >= 11 is 1.67. The Morgan fingerprint density at radius 1 is 1.03 bits per heavy atom. The predicted octanol–water partition coefficient (Wildman–Crippen LogP) is 5.64. The molecule has 0 unspecified atom stereocenters. The van der Waals surface area contributed by atoms with Crippen molar-refractivity contribution in [1.29, 1.82) is 0 Å². The SMILES string of the molecule is CCC(=O)Nc1cncc(-c2cc3c(-c4cc5c(-c6cccs6)nccc5[nH]4)n[nH]c3cn2)c1. The van der Waals surface area contributed by atoms with E-state index in [4.69, 9.17) is 0 Å². The van der Waals surface area contributed by atoms with Gasteiger partial charge in [0.05, 0.1) is 45.6 Å². The van der Waals surface area contributed by atoms with Crippen molar-refractivity contribution < 1.29 is 4.79 Å². The first-order valence-electron chi connectivity index (χ1n) is 10.8. The lowest BCUT2D eigenvalue weighted by atomic mass is 10.1. The second-order valence-corrected chi connectivity index (χ2v) is 8.78. The van der Waals surface area contributed by atoms with Crippen molar-refractivity contribution in [3.05, 3.63) is 66.6 Å². The normalized spacial score (nSPS) is 11.3. The molecular formula is C25H19N7OS. The van der Waals surface area contributed by atoms with Gasteiger partial charge in [0.2, 0.25) is 5.91 Å². The molecule has 3 N–H and O–H groups in total. The lowest BCUT2D eigenvalue weighted by Crippen LogP contribution is -2.09. The summed E-state index contributed by atoms with van der Waals surface area (Å²) in [7, 11) is 0. The van der Waals surface area contributed by atoms with Crippen molar-refractivity contribution >= 4 is 44.7 Å². The zero-order valence-corrected chi connectivity index (χ0v) is 19.0. The summed E-state index contributed by atoms with van der Waals surface area (Å²) in [6.45, 7) is 1.81. The van der Waals surface area contributed by atoms with E-state index in [1.54, 1.807) is 29.9 Å². The molecule has 6 rings (SSSR count). The van der Waals surface area contributed by atoms with E-state index in [0.29, 0.717) is 12.1 Å². The first kappa shape index (κ1) is 20.3. The van der Waals surface area contributed by atoms with Crippen LogP contribution in [0.15, 0.2) is 66.6 Å². The van der Waals surface area contributed by atoms with Crippen LogP contribution in [0.5, 0.6) is 0 Å². The Morgan fingerprint density at radius 3 is 2.79 bits per heavy atom. The van der Waals surface area contributed by atoms with Gasteiger partial charge in [0.15, 0.2) is 0 Å². The Balaban J connectivity index is 1.43. The highest BCUT2D eigenvalue weighted by Gasteiger charge is 2.16. The maximum atomic E-state index is 11.8. The minimum absolute atomic E-state index is 0.0605. The van der Waals surface area contributed by atoms with Gasteiger partial charge in [0, 0.05) is 40.7 Å². The van der Waals surface area contributed by atoms with E-state index in [1.807, 2.05) is 37.4 Å². The van der Waals surface area contributed by atoms with Gasteiger partial charge in [0.1, 0.15) is 5.69 Å². The van der Waals surface area contributed by atoms with E-state index in [2.05, 4.69) is 53.0 Å². The van der Waals surface area contributed by atoms with Crippen LogP contribution >= 0.6 is 11.3 Å². The highest BCUT2D eigenvalue weighted by atomic mass is 32.1. The van der Waals surface area contributed by atoms with Gasteiger partial charge in [-0.1, -0.05) is 13.0 Å². The minimum Gasteiger partial charge on any atom is -0.353 e. The molecule has 8 nitrogen and oxygen atoms in total. The molecule has 6 aromatic heterocycles. The van der Waals surface area contributed by atoms with Crippen LogP contribution in [0.1, 0.15) is 13.3 Å². The molecule has 0 spiro atoms. The monoisotopic (exact) mass is 465 g/mol. The summed E-state index contributed by atoms with van der Waals surface area (Å²) in [4.78, 5) is 29.8. The van der Waals surface area contributed by atoms with Gasteiger partial charge in [-0.3, -0.25) is 24.8 Å². The van der Waals surface area contributed by atoms with Crippen LogP contribution in [0.4, 0.5) is 5.69 Å². The van der Waals surface area contributed by atoms with Crippen molar-refractivity contribution in [2.24, 2.45) is 0 Å². The number of aromatic nitrogens is 6. The van der Waals surface area contributed by atoms with Gasteiger partial charge in [-0.25, -0.2) is 0 Å². The second kappa shape index (κ2) is 8.20. The summed E-state index contributed by atoms with van der Waals surface area (Å²) in [6.07, 6.45) is 7.35. The standard InChI is InChI=1S/C25H19N7OS/c1-2-23(33)29-15-8-14(11-26-12-15)19-9-17-21(13-28-19)31-32-24(17)20-10-16-18(30-20)5-6-27-25(16)22-4-3-7-34-22/h3-13,30H,2H2,1H3,(H,29,33)(H,31,32). The predicted molar refractivity (Wildman–Crippen MR) is 134 cm³/mol. The van der Waals surface area contributed by atoms with Crippen LogP contribution in [-0.2, 0) is 4.79 Å².